The fourth-order valence-electron chi connectivity index (χ4n) is 2.65. The van der Waals surface area contributed by atoms with Gasteiger partial charge >= 0.3 is 13.1 Å². The number of carboxylic acid groups (broad SMARTS) is 1. The average molecular weight is 350 g/mol. The van der Waals surface area contributed by atoms with E-state index in [1.807, 2.05) is 27.7 Å². The van der Waals surface area contributed by atoms with Gasteiger partial charge in [0, 0.05) is 11.1 Å². The van der Waals surface area contributed by atoms with Crippen LogP contribution in [0.1, 0.15) is 49.2 Å². The van der Waals surface area contributed by atoms with Crippen molar-refractivity contribution >= 4 is 19.2 Å². The van der Waals surface area contributed by atoms with Gasteiger partial charge in [-0.3, -0.25) is 0 Å². The summed E-state index contributed by atoms with van der Waals surface area (Å²) in [4.78, 5) is 11.3. The van der Waals surface area contributed by atoms with Crippen LogP contribution < -0.4 is 4.74 Å². The number of carbonyl (C=O) groups is 1. The highest BCUT2D eigenvalue weighted by molar-refractivity contribution is 6.54. The van der Waals surface area contributed by atoms with Crippen molar-refractivity contribution in [2.45, 2.75) is 45.5 Å². The summed E-state index contributed by atoms with van der Waals surface area (Å²) in [6.45, 7) is 7.54. The SMILES string of the molecule is CC1(C)OB(C(F)=Cc2cc(C(=O)O)cc3c2OCOC3)OC1(C)C. The third-order valence-corrected chi connectivity index (χ3v) is 4.76. The maximum absolute atomic E-state index is 14.8. The molecule has 2 aliphatic heterocycles. The third-order valence-electron chi connectivity index (χ3n) is 4.76. The van der Waals surface area contributed by atoms with Crippen LogP contribution in [0.15, 0.2) is 17.9 Å². The summed E-state index contributed by atoms with van der Waals surface area (Å²) in [5.41, 5.74) is -1.10. The molecule has 134 valence electrons. The van der Waals surface area contributed by atoms with Gasteiger partial charge in [0.25, 0.3) is 0 Å². The Morgan fingerprint density at radius 3 is 2.48 bits per heavy atom. The van der Waals surface area contributed by atoms with Crippen LogP contribution in [-0.2, 0) is 20.7 Å². The number of ether oxygens (including phenoxy) is 2. The van der Waals surface area contributed by atoms with Crippen molar-refractivity contribution in [3.8, 4) is 5.75 Å². The van der Waals surface area contributed by atoms with Gasteiger partial charge in [0.2, 0.25) is 0 Å². The topological polar surface area (TPSA) is 74.2 Å². The summed E-state index contributed by atoms with van der Waals surface area (Å²) < 4.78 is 36.7. The molecule has 25 heavy (non-hydrogen) atoms. The van der Waals surface area contributed by atoms with Gasteiger partial charge in [-0.1, -0.05) is 0 Å². The molecule has 1 fully saturated rings. The summed E-state index contributed by atoms with van der Waals surface area (Å²) in [5, 5.41) is 9.25. The Bertz CT molecular complexity index is 727. The predicted octanol–water partition coefficient (Wildman–Crippen LogP) is 3.19. The van der Waals surface area contributed by atoms with Gasteiger partial charge in [-0.05, 0) is 45.9 Å². The number of fused-ring (bicyclic) bond motifs is 1. The lowest BCUT2D eigenvalue weighted by molar-refractivity contribution is -0.0165. The van der Waals surface area contributed by atoms with Crippen molar-refractivity contribution in [1.82, 2.24) is 0 Å². The molecule has 1 aromatic carbocycles. The van der Waals surface area contributed by atoms with Crippen molar-refractivity contribution in [1.29, 1.82) is 0 Å². The van der Waals surface area contributed by atoms with E-state index in [4.69, 9.17) is 18.8 Å². The van der Waals surface area contributed by atoms with Crippen LogP contribution in [0.4, 0.5) is 4.39 Å². The van der Waals surface area contributed by atoms with Gasteiger partial charge in [-0.15, -0.1) is 0 Å². The maximum Gasteiger partial charge on any atom is 0.525 e. The summed E-state index contributed by atoms with van der Waals surface area (Å²) >= 11 is 0. The van der Waals surface area contributed by atoms with Gasteiger partial charge in [0.15, 0.2) is 6.79 Å². The zero-order valence-corrected chi connectivity index (χ0v) is 14.6. The fraction of sp³-hybridized carbons (Fsp3) is 0.471. The molecule has 0 bridgehead atoms. The second-order valence-corrected chi connectivity index (χ2v) is 7.09. The predicted molar refractivity (Wildman–Crippen MR) is 88.9 cm³/mol. The molecule has 0 spiro atoms. The number of benzene rings is 1. The number of halogens is 1. The van der Waals surface area contributed by atoms with Crippen molar-refractivity contribution in [2.75, 3.05) is 6.79 Å². The molecular formula is C17H20BFO6. The molecule has 0 aromatic heterocycles. The molecule has 2 aliphatic rings. The van der Waals surface area contributed by atoms with E-state index in [0.29, 0.717) is 16.9 Å². The average Bonchev–Trinajstić information content (AvgIpc) is 2.75. The summed E-state index contributed by atoms with van der Waals surface area (Å²) in [6.07, 6.45) is 1.19. The molecule has 0 atom stereocenters. The number of hydrogen-bond donors (Lipinski definition) is 1. The van der Waals surface area contributed by atoms with Gasteiger partial charge in [-0.25, -0.2) is 9.18 Å². The second kappa shape index (κ2) is 6.12. The molecule has 3 rings (SSSR count). The summed E-state index contributed by atoms with van der Waals surface area (Å²) in [6, 6.07) is 2.82. The zero-order chi connectivity index (χ0) is 18.4. The number of aromatic carboxylic acids is 1. The molecule has 6 nitrogen and oxygen atoms in total. The normalized spacial score (nSPS) is 21.6. The summed E-state index contributed by atoms with van der Waals surface area (Å²) in [7, 11) is -1.16. The molecule has 1 aromatic rings. The largest absolute Gasteiger partial charge is 0.525 e. The standard InChI is InChI=1S/C17H20BFO6/c1-16(2)17(3,4)25-18(24-16)13(19)7-10-5-11(15(20)21)6-12-8-22-9-23-14(10)12/h5-7H,8-9H2,1-4H3,(H,20,21). The number of carboxylic acids is 1. The summed E-state index contributed by atoms with van der Waals surface area (Å²) in [5.74, 6) is -0.706. The van der Waals surface area contributed by atoms with E-state index in [0.717, 1.165) is 0 Å². The molecule has 0 aliphatic carbocycles. The van der Waals surface area contributed by atoms with Crippen LogP contribution in [0.3, 0.4) is 0 Å². The number of rotatable bonds is 3. The van der Waals surface area contributed by atoms with Crippen molar-refractivity contribution in [2.24, 2.45) is 0 Å². The first-order valence-electron chi connectivity index (χ1n) is 7.94. The van der Waals surface area contributed by atoms with Crippen LogP contribution >= 0.6 is 0 Å². The molecular weight excluding hydrogens is 330 g/mol. The lowest BCUT2D eigenvalue weighted by Gasteiger charge is -2.32. The van der Waals surface area contributed by atoms with Crippen LogP contribution in [-0.4, -0.2) is 36.2 Å². The molecule has 1 N–H and O–H groups in total. The Morgan fingerprint density at radius 2 is 1.88 bits per heavy atom. The third kappa shape index (κ3) is 3.29. The number of hydrogen-bond acceptors (Lipinski definition) is 5. The Balaban J connectivity index is 1.98. The van der Waals surface area contributed by atoms with Crippen molar-refractivity contribution < 1.29 is 33.1 Å². The smallest absolute Gasteiger partial charge is 0.478 e. The van der Waals surface area contributed by atoms with E-state index in [1.54, 1.807) is 0 Å². The molecule has 0 radical (unpaired) electrons. The highest BCUT2D eigenvalue weighted by atomic mass is 19.1. The Hall–Kier alpha value is -1.90. The highest BCUT2D eigenvalue weighted by Crippen LogP contribution is 2.40. The van der Waals surface area contributed by atoms with Gasteiger partial charge in [-0.2, -0.15) is 0 Å². The Labute approximate surface area is 145 Å². The van der Waals surface area contributed by atoms with Crippen LogP contribution in [0, 0.1) is 0 Å². The maximum atomic E-state index is 14.8. The molecule has 0 saturated carbocycles. The quantitative estimate of drug-likeness (QED) is 0.844. The van der Waals surface area contributed by atoms with Crippen LogP contribution in [0.2, 0.25) is 0 Å². The first kappa shape index (κ1) is 17.9. The van der Waals surface area contributed by atoms with E-state index >= 15 is 0 Å². The Morgan fingerprint density at radius 1 is 1.24 bits per heavy atom. The molecule has 1 saturated heterocycles. The van der Waals surface area contributed by atoms with Gasteiger partial charge in [0.05, 0.1) is 23.4 Å². The minimum atomic E-state index is -1.16. The van der Waals surface area contributed by atoms with E-state index in [-0.39, 0.29) is 19.0 Å². The Kier molecular flexibility index (Phi) is 4.39. The second-order valence-electron chi connectivity index (χ2n) is 7.09. The van der Waals surface area contributed by atoms with E-state index < -0.39 is 30.0 Å². The first-order chi connectivity index (χ1) is 11.6. The van der Waals surface area contributed by atoms with E-state index in [9.17, 15) is 14.3 Å². The lowest BCUT2D eigenvalue weighted by atomic mass is 9.86. The molecule has 0 amide bonds. The van der Waals surface area contributed by atoms with Crippen LogP contribution in [0.25, 0.3) is 6.08 Å². The minimum absolute atomic E-state index is 0.0262. The van der Waals surface area contributed by atoms with Gasteiger partial charge < -0.3 is 23.9 Å². The first-order valence-corrected chi connectivity index (χ1v) is 7.94. The monoisotopic (exact) mass is 350 g/mol. The van der Waals surface area contributed by atoms with Crippen LogP contribution in [0.5, 0.6) is 5.75 Å². The molecule has 2 heterocycles. The lowest BCUT2D eigenvalue weighted by Crippen LogP contribution is -2.41. The fourth-order valence-corrected chi connectivity index (χ4v) is 2.65. The zero-order valence-electron chi connectivity index (χ0n) is 14.6. The van der Waals surface area contributed by atoms with Crippen molar-refractivity contribution in [3.05, 3.63) is 34.5 Å². The van der Waals surface area contributed by atoms with Gasteiger partial charge in [0.1, 0.15) is 11.5 Å². The minimum Gasteiger partial charge on any atom is -0.478 e. The van der Waals surface area contributed by atoms with E-state index in [1.165, 1.54) is 18.2 Å². The highest BCUT2D eigenvalue weighted by Gasteiger charge is 2.53. The van der Waals surface area contributed by atoms with Crippen molar-refractivity contribution in [3.63, 3.8) is 0 Å². The van der Waals surface area contributed by atoms with E-state index in [2.05, 4.69) is 0 Å². The molecule has 8 heteroatoms. The molecule has 0 unspecified atom stereocenters.